The first-order valence-electron chi connectivity index (χ1n) is 6.54. The van der Waals surface area contributed by atoms with Crippen LogP contribution in [0.15, 0.2) is 29.6 Å². The van der Waals surface area contributed by atoms with Gasteiger partial charge in [-0.15, -0.1) is 11.3 Å². The lowest BCUT2D eigenvalue weighted by Crippen LogP contribution is -2.28. The summed E-state index contributed by atoms with van der Waals surface area (Å²) in [7, 11) is 0. The maximum atomic E-state index is 6.07. The number of rotatable bonds is 2. The van der Waals surface area contributed by atoms with E-state index in [4.69, 9.17) is 5.73 Å². The van der Waals surface area contributed by atoms with Gasteiger partial charge in [-0.05, 0) is 24.8 Å². The molecule has 2 N–H and O–H groups in total. The van der Waals surface area contributed by atoms with E-state index in [1.54, 1.807) is 11.3 Å². The topological polar surface area (TPSA) is 38.9 Å². The summed E-state index contributed by atoms with van der Waals surface area (Å²) in [6.45, 7) is 10.6. The van der Waals surface area contributed by atoms with Crippen LogP contribution in [0, 0.1) is 0 Å². The molecule has 102 valence electrons. The van der Waals surface area contributed by atoms with Crippen molar-refractivity contribution in [2.45, 2.75) is 45.6 Å². The van der Waals surface area contributed by atoms with Gasteiger partial charge in [0.15, 0.2) is 0 Å². The highest BCUT2D eigenvalue weighted by molar-refractivity contribution is 7.13. The van der Waals surface area contributed by atoms with Crippen LogP contribution in [-0.2, 0) is 11.0 Å². The molecule has 0 fully saturated rings. The smallest absolute Gasteiger partial charge is 0.123 e. The second-order valence-electron chi connectivity index (χ2n) is 6.59. The van der Waals surface area contributed by atoms with Crippen LogP contribution >= 0.6 is 11.3 Å². The van der Waals surface area contributed by atoms with Gasteiger partial charge in [0.2, 0.25) is 0 Å². The first kappa shape index (κ1) is 14.2. The molecule has 2 aromatic rings. The minimum absolute atomic E-state index is 0.186. The van der Waals surface area contributed by atoms with Crippen LogP contribution in [-0.4, -0.2) is 4.98 Å². The molecule has 0 aliphatic rings. The summed E-state index contributed by atoms with van der Waals surface area (Å²) < 4.78 is 0. The van der Waals surface area contributed by atoms with Crippen LogP contribution in [0.3, 0.4) is 0 Å². The summed E-state index contributed by atoms with van der Waals surface area (Å²) in [5.41, 5.74) is 9.34. The van der Waals surface area contributed by atoms with Crippen molar-refractivity contribution in [1.29, 1.82) is 0 Å². The summed E-state index contributed by atoms with van der Waals surface area (Å²) in [5, 5.41) is 3.08. The van der Waals surface area contributed by atoms with E-state index in [0.717, 1.165) is 16.3 Å². The van der Waals surface area contributed by atoms with Crippen molar-refractivity contribution < 1.29 is 0 Å². The van der Waals surface area contributed by atoms with Crippen molar-refractivity contribution in [3.8, 4) is 10.6 Å². The number of hydrogen-bond acceptors (Lipinski definition) is 3. The molecule has 1 aromatic carbocycles. The zero-order valence-electron chi connectivity index (χ0n) is 12.3. The van der Waals surface area contributed by atoms with E-state index in [0.29, 0.717) is 0 Å². The Morgan fingerprint density at radius 3 is 2.00 bits per heavy atom. The molecule has 19 heavy (non-hydrogen) atoms. The molecule has 0 aliphatic carbocycles. The maximum Gasteiger partial charge on any atom is 0.123 e. The number of nitrogens with two attached hydrogens (primary N) is 1. The lowest BCUT2D eigenvalue weighted by molar-refractivity contribution is 0.539. The number of benzene rings is 1. The third kappa shape index (κ3) is 3.23. The van der Waals surface area contributed by atoms with Crippen molar-refractivity contribution in [2.75, 3.05) is 0 Å². The van der Waals surface area contributed by atoms with E-state index >= 15 is 0 Å². The van der Waals surface area contributed by atoms with Gasteiger partial charge in [-0.25, -0.2) is 4.98 Å². The van der Waals surface area contributed by atoms with Gasteiger partial charge in [0.05, 0.1) is 11.2 Å². The van der Waals surface area contributed by atoms with E-state index < -0.39 is 0 Å². The first-order chi connectivity index (χ1) is 8.68. The maximum absolute atomic E-state index is 6.07. The van der Waals surface area contributed by atoms with Crippen LogP contribution in [0.2, 0.25) is 0 Å². The standard InChI is InChI=1S/C16H22N2S/c1-15(2,3)12-8-6-11(7-9-12)14-18-13(10-19-14)16(4,5)17/h6-10H,17H2,1-5H3. The average Bonchev–Trinajstić information content (AvgIpc) is 2.77. The minimum atomic E-state index is -0.375. The normalized spacial score (nSPS) is 12.7. The van der Waals surface area contributed by atoms with Crippen LogP contribution in [0.1, 0.15) is 45.9 Å². The first-order valence-corrected chi connectivity index (χ1v) is 7.42. The molecular weight excluding hydrogens is 252 g/mol. The molecule has 0 bridgehead atoms. The van der Waals surface area contributed by atoms with Crippen molar-refractivity contribution >= 4 is 11.3 Å². The monoisotopic (exact) mass is 274 g/mol. The van der Waals surface area contributed by atoms with Crippen molar-refractivity contribution in [2.24, 2.45) is 5.73 Å². The van der Waals surface area contributed by atoms with Gasteiger partial charge in [-0.1, -0.05) is 45.0 Å². The Hall–Kier alpha value is -1.19. The largest absolute Gasteiger partial charge is 0.321 e. The fraction of sp³-hybridized carbons (Fsp3) is 0.438. The number of thiazole rings is 1. The Bertz CT molecular complexity index is 554. The predicted octanol–water partition coefficient (Wildman–Crippen LogP) is 4.30. The third-order valence-corrected chi connectivity index (χ3v) is 4.05. The van der Waals surface area contributed by atoms with Gasteiger partial charge < -0.3 is 5.73 Å². The molecule has 0 amide bonds. The molecule has 0 aliphatic heterocycles. The molecule has 0 unspecified atom stereocenters. The lowest BCUT2D eigenvalue weighted by atomic mass is 9.87. The molecule has 3 heteroatoms. The predicted molar refractivity (Wildman–Crippen MR) is 83.5 cm³/mol. The molecule has 2 rings (SSSR count). The third-order valence-electron chi connectivity index (χ3n) is 3.16. The highest BCUT2D eigenvalue weighted by atomic mass is 32.1. The van der Waals surface area contributed by atoms with Crippen molar-refractivity contribution in [1.82, 2.24) is 4.98 Å². The zero-order chi connectivity index (χ0) is 14.3. The summed E-state index contributed by atoms with van der Waals surface area (Å²) in [6, 6.07) is 8.66. The molecule has 1 heterocycles. The number of aromatic nitrogens is 1. The summed E-state index contributed by atoms with van der Waals surface area (Å²) in [6.07, 6.45) is 0. The average molecular weight is 274 g/mol. The van der Waals surface area contributed by atoms with Crippen molar-refractivity contribution in [3.63, 3.8) is 0 Å². The van der Waals surface area contributed by atoms with E-state index in [1.807, 2.05) is 19.2 Å². The van der Waals surface area contributed by atoms with Crippen LogP contribution in [0.4, 0.5) is 0 Å². The fourth-order valence-corrected chi connectivity index (χ4v) is 2.82. The highest BCUT2D eigenvalue weighted by Gasteiger charge is 2.19. The van der Waals surface area contributed by atoms with Crippen LogP contribution < -0.4 is 5.73 Å². The fourth-order valence-electron chi connectivity index (χ4n) is 1.82. The summed E-state index contributed by atoms with van der Waals surface area (Å²) >= 11 is 1.65. The summed E-state index contributed by atoms with van der Waals surface area (Å²) in [4.78, 5) is 4.64. The Kier molecular flexibility index (Phi) is 3.54. The van der Waals surface area contributed by atoms with Gasteiger partial charge >= 0.3 is 0 Å². The Balaban J connectivity index is 2.31. The quantitative estimate of drug-likeness (QED) is 0.886. The Morgan fingerprint density at radius 1 is 1.00 bits per heavy atom. The molecule has 0 radical (unpaired) electrons. The highest BCUT2D eigenvalue weighted by Crippen LogP contribution is 2.29. The van der Waals surface area contributed by atoms with Gasteiger partial charge in [0.25, 0.3) is 0 Å². The van der Waals surface area contributed by atoms with Crippen LogP contribution in [0.25, 0.3) is 10.6 Å². The van der Waals surface area contributed by atoms with E-state index in [1.165, 1.54) is 5.56 Å². The SMILES string of the molecule is CC(C)(C)c1ccc(-c2nc(C(C)(C)N)cs2)cc1. The molecule has 0 spiro atoms. The lowest BCUT2D eigenvalue weighted by Gasteiger charge is -2.18. The molecule has 1 aromatic heterocycles. The van der Waals surface area contributed by atoms with E-state index in [9.17, 15) is 0 Å². The molecule has 0 saturated heterocycles. The Morgan fingerprint density at radius 2 is 1.58 bits per heavy atom. The van der Waals surface area contributed by atoms with Gasteiger partial charge in [-0.2, -0.15) is 0 Å². The van der Waals surface area contributed by atoms with Gasteiger partial charge in [0.1, 0.15) is 5.01 Å². The number of hydrogen-bond donors (Lipinski definition) is 1. The second kappa shape index (κ2) is 4.73. The van der Waals surface area contributed by atoms with E-state index in [-0.39, 0.29) is 11.0 Å². The molecule has 0 saturated carbocycles. The molecular formula is C16H22N2S. The Labute approximate surface area is 119 Å². The second-order valence-corrected chi connectivity index (χ2v) is 7.45. The van der Waals surface area contributed by atoms with Crippen molar-refractivity contribution in [3.05, 3.63) is 40.9 Å². The van der Waals surface area contributed by atoms with Crippen LogP contribution in [0.5, 0.6) is 0 Å². The van der Waals surface area contributed by atoms with Gasteiger partial charge in [-0.3, -0.25) is 0 Å². The molecule has 2 nitrogen and oxygen atoms in total. The summed E-state index contributed by atoms with van der Waals surface area (Å²) in [5.74, 6) is 0. The minimum Gasteiger partial charge on any atom is -0.321 e. The number of nitrogens with zero attached hydrogens (tertiary/aromatic N) is 1. The zero-order valence-corrected chi connectivity index (χ0v) is 13.1. The van der Waals surface area contributed by atoms with E-state index in [2.05, 4.69) is 50.0 Å². The molecule has 0 atom stereocenters. The van der Waals surface area contributed by atoms with Gasteiger partial charge in [0, 0.05) is 10.9 Å².